The topological polar surface area (TPSA) is 88.8 Å². The van der Waals surface area contributed by atoms with Gasteiger partial charge >= 0.3 is 0 Å². The maximum absolute atomic E-state index is 11.4. The van der Waals surface area contributed by atoms with Crippen molar-refractivity contribution in [1.29, 1.82) is 0 Å². The van der Waals surface area contributed by atoms with Crippen LogP contribution in [0.25, 0.3) is 0 Å². The zero-order valence-corrected chi connectivity index (χ0v) is 10.2. The van der Waals surface area contributed by atoms with Crippen LogP contribution in [0.4, 0.5) is 0 Å². The molecule has 0 bridgehead atoms. The van der Waals surface area contributed by atoms with Crippen LogP contribution < -0.4 is 5.73 Å². The second-order valence-electron chi connectivity index (χ2n) is 4.67. The van der Waals surface area contributed by atoms with E-state index in [4.69, 9.17) is 5.73 Å². The molecule has 1 aromatic rings. The van der Waals surface area contributed by atoms with Gasteiger partial charge in [-0.15, -0.1) is 0 Å². The lowest BCUT2D eigenvalue weighted by molar-refractivity contribution is 0.398. The van der Waals surface area contributed by atoms with Crippen LogP contribution in [0.3, 0.4) is 0 Å². The van der Waals surface area contributed by atoms with E-state index in [1.807, 2.05) is 0 Å². The number of aromatic amines is 1. The number of sulfone groups is 1. The van der Waals surface area contributed by atoms with Crippen molar-refractivity contribution >= 4 is 9.84 Å². The average Bonchev–Trinajstić information content (AvgIpc) is 2.72. The summed E-state index contributed by atoms with van der Waals surface area (Å²) in [6.45, 7) is 2.49. The van der Waals surface area contributed by atoms with Crippen LogP contribution in [0.15, 0.2) is 6.20 Å². The molecule has 0 saturated carbocycles. The quantitative estimate of drug-likeness (QED) is 0.783. The van der Waals surface area contributed by atoms with Gasteiger partial charge in [-0.25, -0.2) is 13.4 Å². The molecule has 1 saturated heterocycles. The molecular formula is C10H17N3O2S. The highest BCUT2D eigenvalue weighted by Gasteiger charge is 2.36. The maximum Gasteiger partial charge on any atom is 0.150 e. The van der Waals surface area contributed by atoms with Crippen LogP contribution in [-0.2, 0) is 21.8 Å². The Bertz CT molecular complexity index is 464. The fraction of sp³-hybridized carbons (Fsp3) is 0.700. The molecule has 0 atom stereocenters. The Balaban J connectivity index is 2.20. The zero-order chi connectivity index (χ0) is 11.8. The fourth-order valence-corrected chi connectivity index (χ4v) is 3.72. The molecule has 0 aliphatic carbocycles. The molecule has 0 radical (unpaired) electrons. The number of nitrogens with zero attached hydrogens (tertiary/aromatic N) is 1. The van der Waals surface area contributed by atoms with E-state index in [1.165, 1.54) is 0 Å². The Hall–Kier alpha value is -0.880. The molecule has 5 nitrogen and oxygen atoms in total. The number of rotatable bonds is 2. The van der Waals surface area contributed by atoms with Crippen LogP contribution in [0.1, 0.15) is 31.3 Å². The molecule has 6 heteroatoms. The third-order valence-corrected chi connectivity index (χ3v) is 5.00. The Labute approximate surface area is 95.4 Å². The van der Waals surface area contributed by atoms with Crippen LogP contribution in [0.2, 0.25) is 0 Å². The minimum absolute atomic E-state index is 0.154. The Kier molecular flexibility index (Phi) is 2.79. The lowest BCUT2D eigenvalue weighted by Crippen LogP contribution is -2.35. The average molecular weight is 243 g/mol. The van der Waals surface area contributed by atoms with E-state index in [-0.39, 0.29) is 16.9 Å². The molecule has 3 N–H and O–H groups in total. The summed E-state index contributed by atoms with van der Waals surface area (Å²) >= 11 is 0. The summed E-state index contributed by atoms with van der Waals surface area (Å²) in [6.07, 6.45) is 2.99. The minimum atomic E-state index is -2.83. The van der Waals surface area contributed by atoms with Gasteiger partial charge in [-0.1, -0.05) is 6.92 Å². The van der Waals surface area contributed by atoms with Gasteiger partial charge in [0, 0.05) is 23.9 Å². The molecule has 90 valence electrons. The zero-order valence-electron chi connectivity index (χ0n) is 9.36. The van der Waals surface area contributed by atoms with Gasteiger partial charge in [0.1, 0.15) is 15.7 Å². The highest BCUT2D eigenvalue weighted by molar-refractivity contribution is 7.91. The van der Waals surface area contributed by atoms with Crippen LogP contribution >= 0.6 is 0 Å². The van der Waals surface area contributed by atoms with E-state index in [0.717, 1.165) is 11.5 Å². The number of nitrogens with two attached hydrogens (primary N) is 1. The standard InChI is InChI=1S/C10H17N3O2S/c1-10(2-4-16(14,15)5-3-10)9-12-7-8(6-11)13-9/h7H,2-6,11H2,1H3,(H,12,13). The van der Waals surface area contributed by atoms with E-state index in [0.29, 0.717) is 19.4 Å². The molecular weight excluding hydrogens is 226 g/mol. The first kappa shape index (κ1) is 11.6. The van der Waals surface area contributed by atoms with Gasteiger partial charge in [-0.05, 0) is 12.8 Å². The molecule has 0 unspecified atom stereocenters. The van der Waals surface area contributed by atoms with Crippen molar-refractivity contribution in [3.05, 3.63) is 17.7 Å². The number of nitrogens with one attached hydrogen (secondary N) is 1. The molecule has 1 fully saturated rings. The van der Waals surface area contributed by atoms with E-state index in [2.05, 4.69) is 16.9 Å². The van der Waals surface area contributed by atoms with Crippen molar-refractivity contribution in [2.45, 2.75) is 31.7 Å². The number of hydrogen-bond acceptors (Lipinski definition) is 4. The monoisotopic (exact) mass is 243 g/mol. The first-order chi connectivity index (χ1) is 7.45. The lowest BCUT2D eigenvalue weighted by atomic mass is 9.83. The summed E-state index contributed by atoms with van der Waals surface area (Å²) in [4.78, 5) is 7.47. The molecule has 0 spiro atoms. The van der Waals surface area contributed by atoms with Gasteiger partial charge in [0.2, 0.25) is 0 Å². The predicted octanol–water partition coefficient (Wildman–Crippen LogP) is 0.335. The molecule has 1 aliphatic heterocycles. The number of hydrogen-bond donors (Lipinski definition) is 2. The molecule has 0 amide bonds. The highest BCUT2D eigenvalue weighted by Crippen LogP contribution is 2.33. The van der Waals surface area contributed by atoms with Gasteiger partial charge in [0.15, 0.2) is 0 Å². The smallest absolute Gasteiger partial charge is 0.150 e. The summed E-state index contributed by atoms with van der Waals surface area (Å²) in [5.74, 6) is 1.37. The van der Waals surface area contributed by atoms with E-state index < -0.39 is 9.84 Å². The SMILES string of the molecule is CC1(c2ncc(CN)[nH]2)CCS(=O)(=O)CC1. The number of aromatic nitrogens is 2. The fourth-order valence-electron chi connectivity index (χ4n) is 1.99. The highest BCUT2D eigenvalue weighted by atomic mass is 32.2. The van der Waals surface area contributed by atoms with E-state index >= 15 is 0 Å². The first-order valence-corrected chi connectivity index (χ1v) is 7.22. The van der Waals surface area contributed by atoms with Gasteiger partial charge in [0.05, 0.1) is 11.5 Å². The van der Waals surface area contributed by atoms with Gasteiger partial charge < -0.3 is 10.7 Å². The Morgan fingerprint density at radius 3 is 2.62 bits per heavy atom. The van der Waals surface area contributed by atoms with Crippen molar-refractivity contribution < 1.29 is 8.42 Å². The van der Waals surface area contributed by atoms with Crippen molar-refractivity contribution in [3.63, 3.8) is 0 Å². The Morgan fingerprint density at radius 2 is 2.12 bits per heavy atom. The van der Waals surface area contributed by atoms with Gasteiger partial charge in [-0.3, -0.25) is 0 Å². The van der Waals surface area contributed by atoms with Crippen molar-refractivity contribution in [1.82, 2.24) is 9.97 Å². The summed E-state index contributed by atoms with van der Waals surface area (Å²) < 4.78 is 22.8. The number of imidazole rings is 1. The summed E-state index contributed by atoms with van der Waals surface area (Å²) in [5.41, 5.74) is 6.25. The second kappa shape index (κ2) is 3.85. The van der Waals surface area contributed by atoms with Gasteiger partial charge in [0.25, 0.3) is 0 Å². The molecule has 1 aliphatic rings. The first-order valence-electron chi connectivity index (χ1n) is 5.40. The summed E-state index contributed by atoms with van der Waals surface area (Å²) in [7, 11) is -2.83. The third kappa shape index (κ3) is 2.12. The summed E-state index contributed by atoms with van der Waals surface area (Å²) in [5, 5.41) is 0. The maximum atomic E-state index is 11.4. The Morgan fingerprint density at radius 1 is 1.50 bits per heavy atom. The molecule has 2 heterocycles. The molecule has 2 rings (SSSR count). The van der Waals surface area contributed by atoms with E-state index in [9.17, 15) is 8.42 Å². The predicted molar refractivity (Wildman–Crippen MR) is 61.7 cm³/mol. The van der Waals surface area contributed by atoms with E-state index in [1.54, 1.807) is 6.20 Å². The van der Waals surface area contributed by atoms with Crippen LogP contribution in [0.5, 0.6) is 0 Å². The minimum Gasteiger partial charge on any atom is -0.344 e. The third-order valence-electron chi connectivity index (χ3n) is 3.35. The molecule has 16 heavy (non-hydrogen) atoms. The van der Waals surface area contributed by atoms with Crippen molar-refractivity contribution in [2.24, 2.45) is 5.73 Å². The largest absolute Gasteiger partial charge is 0.344 e. The summed E-state index contributed by atoms with van der Waals surface area (Å²) in [6, 6.07) is 0. The van der Waals surface area contributed by atoms with Crippen molar-refractivity contribution in [2.75, 3.05) is 11.5 Å². The van der Waals surface area contributed by atoms with Crippen molar-refractivity contribution in [3.8, 4) is 0 Å². The van der Waals surface area contributed by atoms with Gasteiger partial charge in [-0.2, -0.15) is 0 Å². The molecule has 1 aromatic heterocycles. The van der Waals surface area contributed by atoms with Crippen LogP contribution in [-0.4, -0.2) is 29.9 Å². The normalized spacial score (nSPS) is 23.1. The number of H-pyrrole nitrogens is 1. The lowest BCUT2D eigenvalue weighted by Gasteiger charge is -2.31. The second-order valence-corrected chi connectivity index (χ2v) is 6.98. The molecule has 0 aromatic carbocycles. The van der Waals surface area contributed by atoms with Crippen LogP contribution in [0, 0.1) is 0 Å².